The first-order valence-electron chi connectivity index (χ1n) is 9.08. The van der Waals surface area contributed by atoms with Crippen LogP contribution in [0, 0.1) is 19.7 Å². The first-order chi connectivity index (χ1) is 13.4. The van der Waals surface area contributed by atoms with Crippen LogP contribution in [-0.4, -0.2) is 22.6 Å². The second kappa shape index (κ2) is 8.80. The number of carbonyl (C=O) groups excluding carboxylic acids is 1. The average molecular weight is 418 g/mol. The summed E-state index contributed by atoms with van der Waals surface area (Å²) in [5, 5.41) is 9.59. The molecule has 0 radical (unpaired) electrons. The molecule has 0 fully saturated rings. The molecule has 0 spiro atoms. The van der Waals surface area contributed by atoms with Gasteiger partial charge in [0.15, 0.2) is 5.82 Å². The molecule has 28 heavy (non-hydrogen) atoms. The van der Waals surface area contributed by atoms with E-state index in [1.165, 1.54) is 28.4 Å². The minimum atomic E-state index is -0.713. The van der Waals surface area contributed by atoms with Gasteiger partial charge in [0.05, 0.1) is 10.6 Å². The Kier molecular flexibility index (Phi) is 6.42. The summed E-state index contributed by atoms with van der Waals surface area (Å²) >= 11 is 7.18. The lowest BCUT2D eigenvalue weighted by Crippen LogP contribution is -2.32. The van der Waals surface area contributed by atoms with Crippen LogP contribution in [0.5, 0.6) is 0 Å². The normalized spacial score (nSPS) is 10.9. The Morgan fingerprint density at radius 1 is 1.18 bits per heavy atom. The van der Waals surface area contributed by atoms with Gasteiger partial charge < -0.3 is 0 Å². The van der Waals surface area contributed by atoms with Gasteiger partial charge in [-0.2, -0.15) is 0 Å². The van der Waals surface area contributed by atoms with E-state index in [-0.39, 0.29) is 10.6 Å². The van der Waals surface area contributed by atoms with Gasteiger partial charge in [-0.25, -0.2) is 4.39 Å². The minimum Gasteiger partial charge on any atom is -0.282 e. The molecule has 0 aliphatic carbocycles. The molecule has 3 rings (SSSR count). The lowest BCUT2D eigenvalue weighted by Gasteiger charge is -2.19. The third-order valence-electron chi connectivity index (χ3n) is 4.28. The summed E-state index contributed by atoms with van der Waals surface area (Å²) in [6.07, 6.45) is 1.66. The molecule has 0 aliphatic rings. The first-order valence-corrected chi connectivity index (χ1v) is 10.3. The molecule has 0 atom stereocenters. The van der Waals surface area contributed by atoms with Crippen molar-refractivity contribution < 1.29 is 9.18 Å². The van der Waals surface area contributed by atoms with Crippen molar-refractivity contribution >= 4 is 34.0 Å². The second-order valence-electron chi connectivity index (χ2n) is 6.68. The molecule has 0 bridgehead atoms. The number of carbonyl (C=O) groups is 1. The minimum absolute atomic E-state index is 0.0632. The van der Waals surface area contributed by atoms with Gasteiger partial charge in [0.25, 0.3) is 5.91 Å². The highest BCUT2D eigenvalue weighted by Gasteiger charge is 2.25. The molecule has 0 saturated carbocycles. The van der Waals surface area contributed by atoms with Gasteiger partial charge >= 0.3 is 0 Å². The van der Waals surface area contributed by atoms with Crippen LogP contribution in [0.25, 0.3) is 10.6 Å². The van der Waals surface area contributed by atoms with Crippen LogP contribution in [0.1, 0.15) is 41.3 Å². The summed E-state index contributed by atoms with van der Waals surface area (Å²) in [5.74, 6) is -1.17. The maximum Gasteiger partial charge on any atom is 0.263 e. The van der Waals surface area contributed by atoms with Gasteiger partial charge in [-0.15, -0.1) is 10.2 Å². The Balaban J connectivity index is 1.97. The number of rotatable bonds is 6. The Bertz CT molecular complexity index is 985. The van der Waals surface area contributed by atoms with E-state index in [0.717, 1.165) is 34.5 Å². The van der Waals surface area contributed by atoms with Crippen molar-refractivity contribution in [2.45, 2.75) is 33.6 Å². The molecule has 1 aromatic heterocycles. The van der Waals surface area contributed by atoms with E-state index in [1.54, 1.807) is 6.07 Å². The number of amides is 1. The molecule has 7 heteroatoms. The third-order valence-corrected chi connectivity index (χ3v) is 5.56. The first kappa shape index (κ1) is 20.4. The van der Waals surface area contributed by atoms with E-state index in [2.05, 4.69) is 16.3 Å². The molecule has 3 aromatic rings. The van der Waals surface area contributed by atoms with Crippen molar-refractivity contribution in [2.24, 2.45) is 0 Å². The zero-order chi connectivity index (χ0) is 20.3. The van der Waals surface area contributed by atoms with E-state index >= 15 is 0 Å². The van der Waals surface area contributed by atoms with Crippen LogP contribution in [0.15, 0.2) is 36.4 Å². The summed E-state index contributed by atoms with van der Waals surface area (Å²) in [4.78, 5) is 14.5. The molecule has 0 N–H and O–H groups in total. The lowest BCUT2D eigenvalue weighted by atomic mass is 10.1. The molecule has 1 amide bonds. The number of hydrogen-bond donors (Lipinski definition) is 0. The van der Waals surface area contributed by atoms with E-state index in [1.807, 2.05) is 32.9 Å². The number of nitrogens with zero attached hydrogens (tertiary/aromatic N) is 3. The van der Waals surface area contributed by atoms with Crippen molar-refractivity contribution in [3.63, 3.8) is 0 Å². The van der Waals surface area contributed by atoms with Crippen molar-refractivity contribution in [1.29, 1.82) is 0 Å². The number of hydrogen-bond acceptors (Lipinski definition) is 4. The number of aromatic nitrogens is 2. The largest absolute Gasteiger partial charge is 0.282 e. The summed E-state index contributed by atoms with van der Waals surface area (Å²) in [6.45, 7) is 6.52. The lowest BCUT2D eigenvalue weighted by molar-refractivity contribution is 0.0982. The third kappa shape index (κ3) is 4.39. The molecule has 146 valence electrons. The summed E-state index contributed by atoms with van der Waals surface area (Å²) in [5.41, 5.74) is 3.16. The zero-order valence-electron chi connectivity index (χ0n) is 16.0. The fraction of sp³-hybridized carbons (Fsp3) is 0.286. The Labute approximate surface area is 173 Å². The van der Waals surface area contributed by atoms with E-state index in [9.17, 15) is 9.18 Å². The van der Waals surface area contributed by atoms with E-state index < -0.39 is 11.7 Å². The number of benzene rings is 2. The fourth-order valence-corrected chi connectivity index (χ4v) is 3.98. The van der Waals surface area contributed by atoms with E-state index in [0.29, 0.717) is 11.7 Å². The molecule has 1 heterocycles. The smallest absolute Gasteiger partial charge is 0.263 e. The monoisotopic (exact) mass is 417 g/mol. The summed E-state index contributed by atoms with van der Waals surface area (Å²) in [7, 11) is 0. The summed E-state index contributed by atoms with van der Waals surface area (Å²) in [6, 6.07) is 10.6. The maximum atomic E-state index is 14.4. The van der Waals surface area contributed by atoms with Crippen molar-refractivity contribution in [2.75, 3.05) is 11.4 Å². The Hall–Kier alpha value is -2.31. The van der Waals surface area contributed by atoms with Crippen molar-refractivity contribution in [3.8, 4) is 10.6 Å². The number of anilines is 1. The van der Waals surface area contributed by atoms with Gasteiger partial charge in [0.2, 0.25) is 5.13 Å². The molecule has 0 unspecified atom stereocenters. The van der Waals surface area contributed by atoms with Crippen LogP contribution in [0.2, 0.25) is 5.02 Å². The van der Waals surface area contributed by atoms with Gasteiger partial charge in [-0.3, -0.25) is 9.69 Å². The predicted octanol–water partition coefficient (Wildman–Crippen LogP) is 6.06. The van der Waals surface area contributed by atoms with Crippen molar-refractivity contribution in [1.82, 2.24) is 10.2 Å². The molecule has 4 nitrogen and oxygen atoms in total. The molecular weight excluding hydrogens is 397 g/mol. The summed E-state index contributed by atoms with van der Waals surface area (Å²) < 4.78 is 14.4. The van der Waals surface area contributed by atoms with Crippen LogP contribution in [0.4, 0.5) is 9.52 Å². The SMILES string of the molecule is CCCCN(C(=O)c1cccc(Cl)c1F)c1nnc(-c2cc(C)cc(C)c2)s1. The van der Waals surface area contributed by atoms with Crippen LogP contribution < -0.4 is 4.90 Å². The number of halogens is 2. The van der Waals surface area contributed by atoms with Gasteiger partial charge in [0.1, 0.15) is 5.01 Å². The highest BCUT2D eigenvalue weighted by atomic mass is 35.5. The number of aryl methyl sites for hydroxylation is 2. The maximum absolute atomic E-state index is 14.4. The molecular formula is C21H21ClFN3OS. The van der Waals surface area contributed by atoms with Crippen LogP contribution >= 0.6 is 22.9 Å². The average Bonchev–Trinajstić information content (AvgIpc) is 3.13. The number of unbranched alkanes of at least 4 members (excludes halogenated alkanes) is 1. The second-order valence-corrected chi connectivity index (χ2v) is 8.04. The quantitative estimate of drug-likeness (QED) is 0.489. The van der Waals surface area contributed by atoms with Gasteiger partial charge in [-0.1, -0.05) is 59.5 Å². The molecule has 0 aliphatic heterocycles. The standard InChI is InChI=1S/C21H21ClFN3OS/c1-4-5-9-26(20(27)16-7-6-8-17(22)18(16)23)21-25-24-19(28-21)15-11-13(2)10-14(3)12-15/h6-8,10-12H,4-5,9H2,1-3H3. The predicted molar refractivity (Wildman–Crippen MR) is 113 cm³/mol. The molecule has 0 saturated heterocycles. The van der Waals surface area contributed by atoms with Crippen LogP contribution in [-0.2, 0) is 0 Å². The highest BCUT2D eigenvalue weighted by Crippen LogP contribution is 2.31. The van der Waals surface area contributed by atoms with Crippen LogP contribution in [0.3, 0.4) is 0 Å². The Morgan fingerprint density at radius 2 is 1.89 bits per heavy atom. The van der Waals surface area contributed by atoms with E-state index in [4.69, 9.17) is 11.6 Å². The highest BCUT2D eigenvalue weighted by molar-refractivity contribution is 7.18. The van der Waals surface area contributed by atoms with Crippen molar-refractivity contribution in [3.05, 3.63) is 63.9 Å². The van der Waals surface area contributed by atoms with Gasteiger partial charge in [0, 0.05) is 12.1 Å². The zero-order valence-corrected chi connectivity index (χ0v) is 17.6. The molecule has 2 aromatic carbocycles. The topological polar surface area (TPSA) is 46.1 Å². The fourth-order valence-electron chi connectivity index (χ4n) is 2.95. The van der Waals surface area contributed by atoms with Gasteiger partial charge in [-0.05, 0) is 44.5 Å². The Morgan fingerprint density at radius 3 is 2.57 bits per heavy atom.